The number of rotatable bonds is 15. The smallest absolute Gasteiger partial charge is 0.224 e. The molecular weight excluding hydrogens is 534 g/mol. The molecule has 6 heteroatoms. The fraction of sp³-hybridized carbons (Fsp3) is 0.243. The topological polar surface area (TPSA) is 65.4 Å². The van der Waals surface area contributed by atoms with Crippen molar-refractivity contribution in [3.05, 3.63) is 127 Å². The lowest BCUT2D eigenvalue weighted by molar-refractivity contribution is -0.120. The van der Waals surface area contributed by atoms with Crippen LogP contribution in [0.15, 0.2) is 110 Å². The quantitative estimate of drug-likeness (QED) is 0.106. The van der Waals surface area contributed by atoms with Gasteiger partial charge in [0.05, 0.1) is 31.2 Å². The molecule has 0 aliphatic heterocycles. The van der Waals surface area contributed by atoms with E-state index >= 15 is 0 Å². The van der Waals surface area contributed by atoms with Crippen molar-refractivity contribution in [3.63, 3.8) is 0 Å². The zero-order valence-electron chi connectivity index (χ0n) is 24.8. The lowest BCUT2D eigenvalue weighted by Crippen LogP contribution is -2.28. The molecule has 1 amide bonds. The molecule has 0 aliphatic carbocycles. The van der Waals surface area contributed by atoms with Gasteiger partial charge in [-0.05, 0) is 65.8 Å². The van der Waals surface area contributed by atoms with Crippen LogP contribution in [-0.4, -0.2) is 35.7 Å². The van der Waals surface area contributed by atoms with Crippen LogP contribution in [0.4, 0.5) is 0 Å². The van der Waals surface area contributed by atoms with Crippen molar-refractivity contribution in [1.29, 1.82) is 0 Å². The van der Waals surface area contributed by atoms with Crippen molar-refractivity contribution >= 4 is 16.9 Å². The van der Waals surface area contributed by atoms with E-state index in [1.807, 2.05) is 72.8 Å². The third-order valence-corrected chi connectivity index (χ3v) is 7.47. The molecular formula is C37H39N3O3. The van der Waals surface area contributed by atoms with Gasteiger partial charge in [0.15, 0.2) is 11.5 Å². The standard InChI is InChI=1S/C37H39N3O3/c1-3-11-28-18-21-34(35(26-28)42-2)43-25-10-9-24-40-33-15-8-7-14-32(33)39-36(40)22-23-38-37(41)27-29-16-19-31(20-17-29)30-12-5-4-6-13-30/h3-8,12-21,26H,1,9-11,22-25,27H2,2H3,(H,38,41). The summed E-state index contributed by atoms with van der Waals surface area (Å²) >= 11 is 0. The van der Waals surface area contributed by atoms with Crippen molar-refractivity contribution in [3.8, 4) is 22.6 Å². The summed E-state index contributed by atoms with van der Waals surface area (Å²) in [6.45, 7) is 5.77. The Morgan fingerprint density at radius 3 is 2.42 bits per heavy atom. The Labute approximate surface area is 254 Å². The number of hydrogen-bond donors (Lipinski definition) is 1. The minimum atomic E-state index is 0.0141. The van der Waals surface area contributed by atoms with Crippen LogP contribution in [0.1, 0.15) is 29.8 Å². The number of allylic oxidation sites excluding steroid dienone is 1. The van der Waals surface area contributed by atoms with Gasteiger partial charge in [0.25, 0.3) is 0 Å². The van der Waals surface area contributed by atoms with Crippen LogP contribution < -0.4 is 14.8 Å². The normalized spacial score (nSPS) is 10.9. The van der Waals surface area contributed by atoms with Gasteiger partial charge in [0, 0.05) is 19.5 Å². The SMILES string of the molecule is C=CCc1ccc(OCCCCn2c(CCNC(=O)Cc3ccc(-c4ccccc4)cc3)nc3ccccc32)c(OC)c1. The van der Waals surface area contributed by atoms with Crippen LogP contribution in [-0.2, 0) is 30.6 Å². The van der Waals surface area contributed by atoms with Crippen molar-refractivity contribution in [2.45, 2.75) is 38.6 Å². The van der Waals surface area contributed by atoms with E-state index in [1.165, 1.54) is 5.56 Å². The number of methoxy groups -OCH3 is 1. The molecule has 4 aromatic carbocycles. The van der Waals surface area contributed by atoms with E-state index in [0.29, 0.717) is 26.0 Å². The lowest BCUT2D eigenvalue weighted by atomic mass is 10.0. The molecule has 43 heavy (non-hydrogen) atoms. The van der Waals surface area contributed by atoms with Gasteiger partial charge in [0.2, 0.25) is 5.91 Å². The summed E-state index contributed by atoms with van der Waals surface area (Å²) < 4.78 is 13.8. The summed E-state index contributed by atoms with van der Waals surface area (Å²) in [4.78, 5) is 17.6. The monoisotopic (exact) mass is 573 g/mol. The fourth-order valence-electron chi connectivity index (χ4n) is 5.25. The Balaban J connectivity index is 1.12. The highest BCUT2D eigenvalue weighted by Crippen LogP contribution is 2.28. The largest absolute Gasteiger partial charge is 0.493 e. The summed E-state index contributed by atoms with van der Waals surface area (Å²) in [6, 6.07) is 32.7. The van der Waals surface area contributed by atoms with Crippen molar-refractivity contribution in [2.75, 3.05) is 20.3 Å². The summed E-state index contributed by atoms with van der Waals surface area (Å²) in [7, 11) is 1.66. The molecule has 6 nitrogen and oxygen atoms in total. The highest BCUT2D eigenvalue weighted by molar-refractivity contribution is 5.79. The number of amides is 1. The van der Waals surface area contributed by atoms with E-state index < -0.39 is 0 Å². The zero-order chi connectivity index (χ0) is 29.9. The summed E-state index contributed by atoms with van der Waals surface area (Å²) in [5, 5.41) is 3.09. The first-order chi connectivity index (χ1) is 21.1. The molecule has 1 N–H and O–H groups in total. The highest BCUT2D eigenvalue weighted by atomic mass is 16.5. The number of para-hydroxylation sites is 2. The number of imidazole rings is 1. The van der Waals surface area contributed by atoms with Gasteiger partial charge in [-0.1, -0.05) is 78.9 Å². The van der Waals surface area contributed by atoms with Crippen LogP contribution in [0, 0.1) is 0 Å². The number of fused-ring (bicyclic) bond motifs is 1. The van der Waals surface area contributed by atoms with Gasteiger partial charge in [-0.3, -0.25) is 4.79 Å². The molecule has 0 saturated carbocycles. The maximum atomic E-state index is 12.7. The fourth-order valence-corrected chi connectivity index (χ4v) is 5.25. The molecule has 5 aromatic rings. The van der Waals surface area contributed by atoms with Crippen molar-refractivity contribution in [1.82, 2.24) is 14.9 Å². The van der Waals surface area contributed by atoms with Crippen molar-refractivity contribution < 1.29 is 14.3 Å². The van der Waals surface area contributed by atoms with E-state index in [4.69, 9.17) is 14.5 Å². The Hall–Kier alpha value is -4.84. The van der Waals surface area contributed by atoms with Gasteiger partial charge in [0.1, 0.15) is 5.82 Å². The van der Waals surface area contributed by atoms with Gasteiger partial charge < -0.3 is 19.4 Å². The molecule has 1 aromatic heterocycles. The van der Waals surface area contributed by atoms with Gasteiger partial charge in [-0.25, -0.2) is 4.98 Å². The van der Waals surface area contributed by atoms with Crippen LogP contribution in [0.5, 0.6) is 11.5 Å². The molecule has 0 atom stereocenters. The zero-order valence-corrected chi connectivity index (χ0v) is 24.8. The summed E-state index contributed by atoms with van der Waals surface area (Å²) in [5.74, 6) is 2.50. The molecule has 220 valence electrons. The number of ether oxygens (including phenoxy) is 2. The Kier molecular flexibility index (Phi) is 10.3. The van der Waals surface area contributed by atoms with E-state index in [9.17, 15) is 4.79 Å². The number of nitrogens with zero attached hydrogens (tertiary/aromatic N) is 2. The van der Waals surface area contributed by atoms with Crippen LogP contribution in [0.25, 0.3) is 22.2 Å². The number of benzene rings is 4. The number of unbranched alkanes of at least 4 members (excludes halogenated alkanes) is 1. The van der Waals surface area contributed by atoms with Crippen molar-refractivity contribution in [2.24, 2.45) is 0 Å². The average Bonchev–Trinajstić information content (AvgIpc) is 3.39. The molecule has 0 bridgehead atoms. The van der Waals surface area contributed by atoms with E-state index in [1.54, 1.807) is 7.11 Å². The van der Waals surface area contributed by atoms with Gasteiger partial charge in [-0.15, -0.1) is 6.58 Å². The van der Waals surface area contributed by atoms with E-state index in [0.717, 1.165) is 70.9 Å². The first-order valence-corrected chi connectivity index (χ1v) is 14.9. The summed E-state index contributed by atoms with van der Waals surface area (Å²) in [5.41, 5.74) is 6.55. The third-order valence-electron chi connectivity index (χ3n) is 7.47. The van der Waals surface area contributed by atoms with Gasteiger partial charge in [-0.2, -0.15) is 0 Å². The predicted octanol–water partition coefficient (Wildman–Crippen LogP) is 7.20. The minimum Gasteiger partial charge on any atom is -0.493 e. The predicted molar refractivity (Wildman–Crippen MR) is 174 cm³/mol. The molecule has 0 fully saturated rings. The average molecular weight is 574 g/mol. The van der Waals surface area contributed by atoms with Crippen LogP contribution in [0.2, 0.25) is 0 Å². The second-order valence-electron chi connectivity index (χ2n) is 10.5. The first-order valence-electron chi connectivity index (χ1n) is 14.9. The molecule has 1 heterocycles. The molecule has 0 spiro atoms. The first kappa shape index (κ1) is 29.6. The summed E-state index contributed by atoms with van der Waals surface area (Å²) in [6.07, 6.45) is 5.53. The van der Waals surface area contributed by atoms with E-state index in [2.05, 4.69) is 46.8 Å². The Bertz CT molecular complexity index is 1640. The molecule has 0 saturated heterocycles. The number of carbonyl (C=O) groups is 1. The number of carbonyl (C=O) groups excluding carboxylic acids is 1. The third kappa shape index (κ3) is 7.92. The number of hydrogen-bond acceptors (Lipinski definition) is 4. The minimum absolute atomic E-state index is 0.0141. The van der Waals surface area contributed by atoms with Crippen LogP contribution in [0.3, 0.4) is 0 Å². The second-order valence-corrected chi connectivity index (χ2v) is 10.5. The Morgan fingerprint density at radius 2 is 1.63 bits per heavy atom. The number of aryl methyl sites for hydroxylation is 1. The second kappa shape index (κ2) is 14.9. The Morgan fingerprint density at radius 1 is 0.884 bits per heavy atom. The maximum absolute atomic E-state index is 12.7. The highest BCUT2D eigenvalue weighted by Gasteiger charge is 2.12. The maximum Gasteiger partial charge on any atom is 0.224 e. The number of nitrogens with one attached hydrogen (secondary N) is 1. The molecule has 0 aliphatic rings. The lowest BCUT2D eigenvalue weighted by Gasteiger charge is -2.13. The van der Waals surface area contributed by atoms with Gasteiger partial charge >= 0.3 is 0 Å². The molecule has 0 radical (unpaired) electrons. The van der Waals surface area contributed by atoms with Crippen LogP contribution >= 0.6 is 0 Å². The molecule has 0 unspecified atom stereocenters. The van der Waals surface area contributed by atoms with E-state index in [-0.39, 0.29) is 5.91 Å². The number of aromatic nitrogens is 2. The molecule has 5 rings (SSSR count).